The average Bonchev–Trinajstić information content (AvgIpc) is 3.25. The average molecular weight is 272 g/mol. The first kappa shape index (κ1) is 13.6. The molecule has 0 bridgehead atoms. The summed E-state index contributed by atoms with van der Waals surface area (Å²) >= 11 is 0. The highest BCUT2D eigenvalue weighted by molar-refractivity contribution is 5.98. The van der Waals surface area contributed by atoms with E-state index in [9.17, 15) is 4.79 Å². The van der Waals surface area contributed by atoms with Gasteiger partial charge in [-0.1, -0.05) is 26.0 Å². The Hall–Kier alpha value is -1.35. The summed E-state index contributed by atoms with van der Waals surface area (Å²) in [6.45, 7) is 5.23. The number of nitrogens with one attached hydrogen (secondary N) is 1. The van der Waals surface area contributed by atoms with E-state index in [1.807, 2.05) is 4.90 Å². The zero-order chi connectivity index (χ0) is 14.1. The number of carbonyl (C=O) groups is 1. The maximum absolute atomic E-state index is 12.6. The third kappa shape index (κ3) is 2.88. The van der Waals surface area contributed by atoms with Crippen LogP contribution in [0.2, 0.25) is 0 Å². The van der Waals surface area contributed by atoms with Crippen LogP contribution in [0.3, 0.4) is 0 Å². The van der Waals surface area contributed by atoms with Crippen LogP contribution < -0.4 is 10.2 Å². The molecule has 1 amide bonds. The van der Waals surface area contributed by atoms with Gasteiger partial charge in [0.25, 0.3) is 0 Å². The topological polar surface area (TPSA) is 32.3 Å². The number of amides is 1. The number of hydrogen-bond acceptors (Lipinski definition) is 2. The van der Waals surface area contributed by atoms with Gasteiger partial charge in [-0.05, 0) is 49.3 Å². The van der Waals surface area contributed by atoms with Crippen molar-refractivity contribution in [2.24, 2.45) is 0 Å². The molecule has 1 heterocycles. The van der Waals surface area contributed by atoms with Gasteiger partial charge < -0.3 is 10.2 Å². The molecule has 2 fully saturated rings. The fourth-order valence-corrected chi connectivity index (χ4v) is 2.86. The minimum absolute atomic E-state index is 0.0287. The van der Waals surface area contributed by atoms with Crippen LogP contribution in [0.15, 0.2) is 24.3 Å². The molecule has 1 unspecified atom stereocenters. The first-order chi connectivity index (χ1) is 9.65. The van der Waals surface area contributed by atoms with E-state index in [-0.39, 0.29) is 11.9 Å². The first-order valence-electron chi connectivity index (χ1n) is 7.82. The van der Waals surface area contributed by atoms with Gasteiger partial charge in [0.2, 0.25) is 5.91 Å². The van der Waals surface area contributed by atoms with Crippen molar-refractivity contribution in [3.8, 4) is 0 Å². The molecular formula is C17H24N2O. The van der Waals surface area contributed by atoms with Gasteiger partial charge in [0, 0.05) is 18.3 Å². The van der Waals surface area contributed by atoms with Gasteiger partial charge in [-0.15, -0.1) is 0 Å². The van der Waals surface area contributed by atoms with Crippen molar-refractivity contribution in [3.63, 3.8) is 0 Å². The summed E-state index contributed by atoms with van der Waals surface area (Å²) in [4.78, 5) is 14.5. The fourth-order valence-electron chi connectivity index (χ4n) is 2.86. The van der Waals surface area contributed by atoms with E-state index in [2.05, 4.69) is 43.4 Å². The second-order valence-electron chi connectivity index (χ2n) is 6.37. The van der Waals surface area contributed by atoms with Crippen LogP contribution in [-0.2, 0) is 4.79 Å². The summed E-state index contributed by atoms with van der Waals surface area (Å²) in [5.41, 5.74) is 2.37. The number of benzene rings is 1. The largest absolute Gasteiger partial charge is 0.311 e. The molecule has 1 aliphatic carbocycles. The predicted octanol–water partition coefficient (Wildman–Crippen LogP) is 3.06. The quantitative estimate of drug-likeness (QED) is 0.913. The summed E-state index contributed by atoms with van der Waals surface area (Å²) in [6, 6.07) is 9.09. The van der Waals surface area contributed by atoms with Gasteiger partial charge in [0.15, 0.2) is 0 Å². The lowest BCUT2D eigenvalue weighted by Gasteiger charge is -2.33. The number of carbonyl (C=O) groups excluding carboxylic acids is 1. The van der Waals surface area contributed by atoms with Gasteiger partial charge >= 0.3 is 0 Å². The van der Waals surface area contributed by atoms with Gasteiger partial charge in [0.1, 0.15) is 0 Å². The van der Waals surface area contributed by atoms with Crippen molar-refractivity contribution in [2.45, 2.75) is 57.5 Å². The van der Waals surface area contributed by atoms with Crippen LogP contribution in [0.25, 0.3) is 0 Å². The number of anilines is 1. The second-order valence-corrected chi connectivity index (χ2v) is 6.37. The highest BCUT2D eigenvalue weighted by Gasteiger charge is 2.33. The second kappa shape index (κ2) is 5.57. The molecule has 108 valence electrons. The maximum Gasteiger partial charge on any atom is 0.244 e. The monoisotopic (exact) mass is 272 g/mol. The Balaban J connectivity index is 1.72. The summed E-state index contributed by atoms with van der Waals surface area (Å²) < 4.78 is 0. The van der Waals surface area contributed by atoms with Gasteiger partial charge in [-0.2, -0.15) is 0 Å². The molecule has 0 spiro atoms. The molecule has 2 aliphatic rings. The minimum Gasteiger partial charge on any atom is -0.311 e. The molecule has 1 aromatic rings. The molecule has 1 N–H and O–H groups in total. The van der Waals surface area contributed by atoms with Gasteiger partial charge in [0.05, 0.1) is 6.04 Å². The van der Waals surface area contributed by atoms with Crippen LogP contribution >= 0.6 is 0 Å². The van der Waals surface area contributed by atoms with Gasteiger partial charge in [-0.25, -0.2) is 0 Å². The van der Waals surface area contributed by atoms with Crippen LogP contribution in [0.4, 0.5) is 5.69 Å². The van der Waals surface area contributed by atoms with Gasteiger partial charge in [-0.3, -0.25) is 4.79 Å². The molecule has 3 heteroatoms. The molecule has 20 heavy (non-hydrogen) atoms. The van der Waals surface area contributed by atoms with Crippen molar-refractivity contribution in [2.75, 3.05) is 11.4 Å². The molecule has 3 nitrogen and oxygen atoms in total. The standard InChI is InChI=1S/C17H24N2O/c1-12(2)13-5-9-15(10-6-13)19-11-3-4-16(17(19)20)18-14-7-8-14/h5-6,9-10,12,14,16,18H,3-4,7-8,11H2,1-2H3. The van der Waals surface area contributed by atoms with Crippen molar-refractivity contribution in [1.82, 2.24) is 5.32 Å². The highest BCUT2D eigenvalue weighted by atomic mass is 16.2. The lowest BCUT2D eigenvalue weighted by molar-refractivity contribution is -0.121. The van der Waals surface area contributed by atoms with E-state index in [4.69, 9.17) is 0 Å². The van der Waals surface area contributed by atoms with Crippen LogP contribution in [0, 0.1) is 0 Å². The zero-order valence-electron chi connectivity index (χ0n) is 12.4. The van der Waals surface area contributed by atoms with Crippen molar-refractivity contribution < 1.29 is 4.79 Å². The van der Waals surface area contributed by atoms with E-state index in [1.165, 1.54) is 18.4 Å². The smallest absolute Gasteiger partial charge is 0.244 e. The molecule has 3 rings (SSSR count). The Labute approximate surface area is 121 Å². The van der Waals surface area contributed by atoms with E-state index in [0.29, 0.717) is 12.0 Å². The number of piperidine rings is 1. The normalized spacial score (nSPS) is 23.4. The maximum atomic E-state index is 12.6. The Morgan fingerprint density at radius 3 is 2.45 bits per heavy atom. The molecule has 1 aromatic carbocycles. The highest BCUT2D eigenvalue weighted by Crippen LogP contribution is 2.26. The third-order valence-electron chi connectivity index (χ3n) is 4.32. The van der Waals surface area contributed by atoms with Crippen molar-refractivity contribution in [1.29, 1.82) is 0 Å². The number of hydrogen-bond donors (Lipinski definition) is 1. The fraction of sp³-hybridized carbons (Fsp3) is 0.588. The molecular weight excluding hydrogens is 248 g/mol. The van der Waals surface area contributed by atoms with E-state index < -0.39 is 0 Å². The van der Waals surface area contributed by atoms with Crippen molar-refractivity contribution in [3.05, 3.63) is 29.8 Å². The SMILES string of the molecule is CC(C)c1ccc(N2CCCC(NC3CC3)C2=O)cc1. The van der Waals surface area contributed by atoms with E-state index in [0.717, 1.165) is 25.1 Å². The number of nitrogens with zero attached hydrogens (tertiary/aromatic N) is 1. The Bertz CT molecular complexity index is 476. The summed E-state index contributed by atoms with van der Waals surface area (Å²) in [5, 5.41) is 3.48. The van der Waals surface area contributed by atoms with Crippen LogP contribution in [0.1, 0.15) is 51.0 Å². The molecule has 0 aromatic heterocycles. The third-order valence-corrected chi connectivity index (χ3v) is 4.32. The molecule has 1 atom stereocenters. The number of rotatable bonds is 4. The summed E-state index contributed by atoms with van der Waals surface area (Å²) in [5.74, 6) is 0.783. The van der Waals surface area contributed by atoms with E-state index >= 15 is 0 Å². The minimum atomic E-state index is 0.0287. The molecule has 0 radical (unpaired) electrons. The Morgan fingerprint density at radius 2 is 1.85 bits per heavy atom. The Morgan fingerprint density at radius 1 is 1.15 bits per heavy atom. The van der Waals surface area contributed by atoms with Crippen LogP contribution in [-0.4, -0.2) is 24.5 Å². The first-order valence-corrected chi connectivity index (χ1v) is 7.82. The predicted molar refractivity (Wildman–Crippen MR) is 82.1 cm³/mol. The Kier molecular flexibility index (Phi) is 3.79. The lowest BCUT2D eigenvalue weighted by atomic mass is 10.0. The lowest BCUT2D eigenvalue weighted by Crippen LogP contribution is -2.51. The van der Waals surface area contributed by atoms with E-state index in [1.54, 1.807) is 0 Å². The molecule has 1 saturated heterocycles. The summed E-state index contributed by atoms with van der Waals surface area (Å²) in [7, 11) is 0. The van der Waals surface area contributed by atoms with Crippen LogP contribution in [0.5, 0.6) is 0 Å². The summed E-state index contributed by atoms with van der Waals surface area (Å²) in [6.07, 6.45) is 4.53. The van der Waals surface area contributed by atoms with Crippen molar-refractivity contribution >= 4 is 11.6 Å². The molecule has 1 aliphatic heterocycles. The molecule has 1 saturated carbocycles. The zero-order valence-corrected chi connectivity index (χ0v) is 12.4.